The van der Waals surface area contributed by atoms with Crippen molar-refractivity contribution in [2.24, 2.45) is 0 Å². The molecule has 0 aromatic heterocycles. The number of fused-ring (bicyclic) bond motifs is 1. The van der Waals surface area contributed by atoms with E-state index in [1.165, 1.54) is 13.2 Å². The quantitative estimate of drug-likeness (QED) is 0.731. The number of hydrogen-bond acceptors (Lipinski definition) is 5. The Morgan fingerprint density at radius 2 is 2.29 bits per heavy atom. The van der Waals surface area contributed by atoms with Crippen LogP contribution in [0.15, 0.2) is 12.1 Å². The fourth-order valence-corrected chi connectivity index (χ4v) is 1.50. The summed E-state index contributed by atoms with van der Waals surface area (Å²) in [6.45, 7) is -3.08. The lowest BCUT2D eigenvalue weighted by Crippen LogP contribution is -2.53. The number of carboxylic acid groups (broad SMARTS) is 1. The van der Waals surface area contributed by atoms with Crippen LogP contribution < -0.4 is 9.39 Å². The van der Waals surface area contributed by atoms with E-state index >= 15 is 0 Å². The molecule has 2 N–H and O–H groups in total. The Morgan fingerprint density at radius 3 is 2.88 bits per heavy atom. The van der Waals surface area contributed by atoms with E-state index < -0.39 is 24.1 Å². The van der Waals surface area contributed by atoms with Gasteiger partial charge in [-0.3, -0.25) is 0 Å². The monoisotopic (exact) mass is 243 g/mol. The standard InChI is InChI=1S/C9H9BFO6/c1-15-10(14)4-16-6-3-2-5(11)7(9(12)13)8(6)17-10/h2-3,14H,4H2,1H3,(H,12,13)/q-1. The largest absolute Gasteiger partial charge is 0.665 e. The molecule has 92 valence electrons. The molecule has 6 nitrogen and oxygen atoms in total. The summed E-state index contributed by atoms with van der Waals surface area (Å²) in [5.74, 6) is -2.81. The Labute approximate surface area is 95.5 Å². The third-order valence-electron chi connectivity index (χ3n) is 2.40. The number of hydrogen-bond donors (Lipinski definition) is 2. The second-order valence-corrected chi connectivity index (χ2v) is 3.54. The van der Waals surface area contributed by atoms with E-state index in [0.717, 1.165) is 6.07 Å². The lowest BCUT2D eigenvalue weighted by atomic mass is 9.79. The molecular weight excluding hydrogens is 234 g/mol. The van der Waals surface area contributed by atoms with Crippen molar-refractivity contribution in [3.05, 3.63) is 23.5 Å². The molecule has 0 aliphatic carbocycles. The molecule has 0 spiro atoms. The van der Waals surface area contributed by atoms with E-state index in [0.29, 0.717) is 0 Å². The van der Waals surface area contributed by atoms with Crippen molar-refractivity contribution >= 4 is 12.7 Å². The fourth-order valence-electron chi connectivity index (χ4n) is 1.50. The molecular formula is C9H9BFO6-. The highest BCUT2D eigenvalue weighted by atomic mass is 19.1. The highest BCUT2D eigenvalue weighted by Crippen LogP contribution is 2.37. The van der Waals surface area contributed by atoms with Gasteiger partial charge in [-0.1, -0.05) is 0 Å². The molecule has 0 fully saturated rings. The molecule has 8 heteroatoms. The van der Waals surface area contributed by atoms with Crippen molar-refractivity contribution < 1.29 is 33.4 Å². The number of carboxylic acids is 1. The van der Waals surface area contributed by atoms with Gasteiger partial charge in [0.1, 0.15) is 17.1 Å². The number of aromatic carboxylic acids is 1. The highest BCUT2D eigenvalue weighted by Gasteiger charge is 2.36. The average molecular weight is 243 g/mol. The smallest absolute Gasteiger partial charge is 0.469 e. The molecule has 1 aliphatic heterocycles. The molecule has 1 unspecified atom stereocenters. The van der Waals surface area contributed by atoms with Crippen LogP contribution in [0.5, 0.6) is 11.5 Å². The van der Waals surface area contributed by atoms with Crippen LogP contribution in [0, 0.1) is 5.82 Å². The van der Waals surface area contributed by atoms with Crippen molar-refractivity contribution in [2.45, 2.75) is 0 Å². The fraction of sp³-hybridized carbons (Fsp3) is 0.222. The Kier molecular flexibility index (Phi) is 2.68. The maximum atomic E-state index is 13.4. The van der Waals surface area contributed by atoms with Crippen molar-refractivity contribution in [3.8, 4) is 11.5 Å². The third kappa shape index (κ3) is 1.92. The van der Waals surface area contributed by atoms with Gasteiger partial charge in [0.25, 0.3) is 0 Å². The first-order chi connectivity index (χ1) is 7.97. The van der Waals surface area contributed by atoms with E-state index in [9.17, 15) is 14.2 Å². The van der Waals surface area contributed by atoms with Crippen molar-refractivity contribution in [3.63, 3.8) is 0 Å². The molecule has 1 aliphatic rings. The molecule has 0 saturated carbocycles. The SMILES string of the molecule is CO[B-]1(O)COc2ccc(F)c(C(=O)O)c2O1. The molecule has 17 heavy (non-hydrogen) atoms. The first kappa shape index (κ1) is 11.7. The summed E-state index contributed by atoms with van der Waals surface area (Å²) in [6, 6.07) is 2.18. The summed E-state index contributed by atoms with van der Waals surface area (Å²) in [7, 11) is 1.17. The summed E-state index contributed by atoms with van der Waals surface area (Å²) in [5.41, 5.74) is -0.695. The Balaban J connectivity index is 2.54. The van der Waals surface area contributed by atoms with Crippen LogP contribution in [0.3, 0.4) is 0 Å². The molecule has 0 radical (unpaired) electrons. The summed E-state index contributed by atoms with van der Waals surface area (Å²) in [6.07, 6.45) is 0. The Bertz CT molecular complexity index is 479. The van der Waals surface area contributed by atoms with E-state index in [-0.39, 0.29) is 18.0 Å². The Morgan fingerprint density at radius 1 is 1.59 bits per heavy atom. The van der Waals surface area contributed by atoms with Gasteiger partial charge in [0, 0.05) is 0 Å². The zero-order chi connectivity index (χ0) is 12.6. The summed E-state index contributed by atoms with van der Waals surface area (Å²) < 4.78 is 28.1. The van der Waals surface area contributed by atoms with Crippen LogP contribution in [0.4, 0.5) is 4.39 Å². The van der Waals surface area contributed by atoms with Gasteiger partial charge in [-0.25, -0.2) is 9.18 Å². The number of ether oxygens (including phenoxy) is 1. The minimum absolute atomic E-state index is 0.0485. The number of halogens is 1. The average Bonchev–Trinajstić information content (AvgIpc) is 2.28. The molecule has 2 rings (SSSR count). The first-order valence-corrected chi connectivity index (χ1v) is 4.77. The van der Waals surface area contributed by atoms with E-state index in [1.54, 1.807) is 0 Å². The van der Waals surface area contributed by atoms with Gasteiger partial charge in [-0.15, -0.1) is 0 Å². The molecule has 0 bridgehead atoms. The minimum atomic E-state index is -2.79. The van der Waals surface area contributed by atoms with Crippen LogP contribution in [0.25, 0.3) is 0 Å². The highest BCUT2D eigenvalue weighted by molar-refractivity contribution is 6.60. The maximum Gasteiger partial charge on any atom is 0.469 e. The molecule has 1 atom stereocenters. The molecule has 1 aromatic carbocycles. The lowest BCUT2D eigenvalue weighted by Gasteiger charge is -2.40. The van der Waals surface area contributed by atoms with Crippen LogP contribution >= 0.6 is 0 Å². The van der Waals surface area contributed by atoms with Crippen LogP contribution in [0.2, 0.25) is 0 Å². The van der Waals surface area contributed by atoms with Crippen LogP contribution in [-0.2, 0) is 4.65 Å². The topological polar surface area (TPSA) is 85.2 Å². The predicted octanol–water partition coefficient (Wildman–Crippen LogP) is 0.412. The van der Waals surface area contributed by atoms with Gasteiger partial charge in [0.15, 0.2) is 5.75 Å². The summed E-state index contributed by atoms with van der Waals surface area (Å²) in [5, 5.41) is 18.6. The van der Waals surface area contributed by atoms with Gasteiger partial charge in [-0.05, 0) is 19.2 Å². The van der Waals surface area contributed by atoms with Gasteiger partial charge >= 0.3 is 12.7 Å². The summed E-state index contributed by atoms with van der Waals surface area (Å²) >= 11 is 0. The lowest BCUT2D eigenvalue weighted by molar-refractivity contribution is 0.0683. The second kappa shape index (κ2) is 3.90. The maximum absolute atomic E-state index is 13.4. The normalized spacial score (nSPS) is 22.3. The van der Waals surface area contributed by atoms with Crippen LogP contribution in [-0.4, -0.2) is 36.5 Å². The number of benzene rings is 1. The van der Waals surface area contributed by atoms with Crippen molar-refractivity contribution in [2.75, 3.05) is 13.6 Å². The molecule has 0 saturated heterocycles. The number of carbonyl (C=O) groups is 1. The van der Waals surface area contributed by atoms with E-state index in [1.807, 2.05) is 0 Å². The number of rotatable bonds is 2. The van der Waals surface area contributed by atoms with Gasteiger partial charge in [-0.2, -0.15) is 0 Å². The van der Waals surface area contributed by atoms with Gasteiger partial charge < -0.3 is 24.2 Å². The second-order valence-electron chi connectivity index (χ2n) is 3.54. The molecule has 1 aromatic rings. The van der Waals surface area contributed by atoms with Gasteiger partial charge in [0.2, 0.25) is 0 Å². The third-order valence-corrected chi connectivity index (χ3v) is 2.40. The molecule has 1 heterocycles. The van der Waals surface area contributed by atoms with Crippen LogP contribution in [0.1, 0.15) is 10.4 Å². The van der Waals surface area contributed by atoms with E-state index in [2.05, 4.69) is 4.65 Å². The zero-order valence-corrected chi connectivity index (χ0v) is 8.84. The minimum Gasteiger partial charge on any atom is -0.665 e. The first-order valence-electron chi connectivity index (χ1n) is 4.77. The Hall–Kier alpha value is -1.80. The van der Waals surface area contributed by atoms with Gasteiger partial charge in [0.05, 0.1) is 6.51 Å². The summed E-state index contributed by atoms with van der Waals surface area (Å²) in [4.78, 5) is 10.9. The predicted molar refractivity (Wildman–Crippen MR) is 54.5 cm³/mol. The van der Waals surface area contributed by atoms with E-state index in [4.69, 9.17) is 14.5 Å². The van der Waals surface area contributed by atoms with Crippen molar-refractivity contribution in [1.82, 2.24) is 0 Å². The zero-order valence-electron chi connectivity index (χ0n) is 8.84. The molecule has 0 amide bonds. The van der Waals surface area contributed by atoms with Crippen molar-refractivity contribution in [1.29, 1.82) is 0 Å².